The van der Waals surface area contributed by atoms with Gasteiger partial charge in [-0.2, -0.15) is 23.3 Å². The third kappa shape index (κ3) is 4.04. The van der Waals surface area contributed by atoms with Crippen LogP contribution in [0.2, 0.25) is 0 Å². The average molecular weight is 413 g/mol. The van der Waals surface area contributed by atoms with Gasteiger partial charge in [-0.15, -0.1) is 0 Å². The van der Waals surface area contributed by atoms with Crippen LogP contribution in [-0.4, -0.2) is 26.5 Å². The van der Waals surface area contributed by atoms with Crippen LogP contribution in [0, 0.1) is 6.92 Å². The molecule has 4 aromatic rings. The van der Waals surface area contributed by atoms with Crippen LogP contribution in [0.15, 0.2) is 58.3 Å². The molecule has 30 heavy (non-hydrogen) atoms. The summed E-state index contributed by atoms with van der Waals surface area (Å²) < 4.78 is 44.1. The summed E-state index contributed by atoms with van der Waals surface area (Å²) in [5.41, 5.74) is 3.73. The molecule has 0 amide bonds. The molecule has 0 radical (unpaired) electrons. The minimum atomic E-state index is -4.49. The summed E-state index contributed by atoms with van der Waals surface area (Å²) in [5.74, 6) is 0.399. The number of fused-ring (bicyclic) bond motifs is 1. The molecule has 0 fully saturated rings. The van der Waals surface area contributed by atoms with Gasteiger partial charge in [0.2, 0.25) is 11.3 Å². The van der Waals surface area contributed by atoms with Crippen molar-refractivity contribution in [3.8, 4) is 0 Å². The average Bonchev–Trinajstić information content (AvgIpc) is 3.16. The van der Waals surface area contributed by atoms with Crippen molar-refractivity contribution in [3.63, 3.8) is 0 Å². The summed E-state index contributed by atoms with van der Waals surface area (Å²) in [5, 5.41) is 14.3. The van der Waals surface area contributed by atoms with Gasteiger partial charge in [0.05, 0.1) is 11.8 Å². The number of alkyl halides is 3. The highest BCUT2D eigenvalue weighted by Crippen LogP contribution is 2.31. The highest BCUT2D eigenvalue weighted by atomic mass is 19.4. The second kappa shape index (κ2) is 7.78. The smallest absolute Gasteiger partial charge is 0.337 e. The summed E-state index contributed by atoms with van der Waals surface area (Å²) in [6.45, 7) is 1.91. The van der Waals surface area contributed by atoms with Crippen molar-refractivity contribution >= 4 is 34.8 Å². The zero-order valence-corrected chi connectivity index (χ0v) is 15.5. The maximum absolute atomic E-state index is 13.1. The third-order valence-electron chi connectivity index (χ3n) is 4.15. The lowest BCUT2D eigenvalue weighted by atomic mass is 10.1. The van der Waals surface area contributed by atoms with E-state index in [1.165, 1.54) is 18.2 Å². The van der Waals surface area contributed by atoms with Gasteiger partial charge >= 0.3 is 6.18 Å². The molecular weight excluding hydrogens is 399 g/mol. The van der Waals surface area contributed by atoms with E-state index in [0.29, 0.717) is 0 Å². The van der Waals surface area contributed by atoms with Crippen molar-refractivity contribution in [2.75, 3.05) is 10.7 Å². The van der Waals surface area contributed by atoms with E-state index >= 15 is 0 Å². The Morgan fingerprint density at radius 2 is 1.60 bits per heavy atom. The number of halogens is 3. The van der Waals surface area contributed by atoms with Crippen molar-refractivity contribution in [1.82, 2.24) is 20.3 Å². The molecule has 2 aromatic heterocycles. The first-order valence-corrected chi connectivity index (χ1v) is 8.70. The summed E-state index contributed by atoms with van der Waals surface area (Å²) in [4.78, 5) is 8.52. The molecule has 0 bridgehead atoms. The van der Waals surface area contributed by atoms with Crippen LogP contribution in [0.5, 0.6) is 0 Å². The zero-order valence-electron chi connectivity index (χ0n) is 15.5. The van der Waals surface area contributed by atoms with E-state index in [-0.39, 0.29) is 28.5 Å². The summed E-state index contributed by atoms with van der Waals surface area (Å²) >= 11 is 0. The van der Waals surface area contributed by atoms with Crippen LogP contribution in [0.4, 0.5) is 30.5 Å². The van der Waals surface area contributed by atoms with Crippen LogP contribution >= 0.6 is 0 Å². The predicted octanol–water partition coefficient (Wildman–Crippen LogP) is 4.53. The van der Waals surface area contributed by atoms with Crippen molar-refractivity contribution in [3.05, 3.63) is 65.2 Å². The number of para-hydroxylation sites is 1. The molecule has 0 saturated heterocycles. The molecule has 2 aromatic carbocycles. The van der Waals surface area contributed by atoms with Gasteiger partial charge in [-0.3, -0.25) is 5.43 Å². The Balaban J connectivity index is 1.66. The quantitative estimate of drug-likeness (QED) is 0.366. The molecule has 0 saturated carbocycles. The van der Waals surface area contributed by atoms with Gasteiger partial charge in [0, 0.05) is 11.3 Å². The van der Waals surface area contributed by atoms with Gasteiger partial charge in [-0.1, -0.05) is 36.4 Å². The Bertz CT molecular complexity index is 1220. The normalized spacial score (nSPS) is 11.9. The topological polar surface area (TPSA) is 101 Å². The fourth-order valence-corrected chi connectivity index (χ4v) is 2.67. The Morgan fingerprint density at radius 1 is 0.933 bits per heavy atom. The van der Waals surface area contributed by atoms with E-state index in [1.807, 2.05) is 31.2 Å². The van der Waals surface area contributed by atoms with Crippen molar-refractivity contribution in [2.24, 2.45) is 5.10 Å². The van der Waals surface area contributed by atoms with E-state index in [1.54, 1.807) is 0 Å². The minimum absolute atomic E-state index is 0.0944. The Morgan fingerprint density at radius 3 is 2.33 bits per heavy atom. The molecule has 8 nitrogen and oxygen atoms in total. The number of hydrogen-bond acceptors (Lipinski definition) is 8. The SMILES string of the molecule is Cc1ccccc1Nc1nc2nonc2nc1N/N=C\c1ccccc1C(F)(F)F. The first kappa shape index (κ1) is 19.3. The molecule has 0 unspecified atom stereocenters. The molecule has 4 rings (SSSR count). The molecule has 2 heterocycles. The molecule has 0 aliphatic carbocycles. The number of aryl methyl sites for hydroxylation is 1. The molecule has 0 aliphatic heterocycles. The molecule has 0 aliphatic rings. The van der Waals surface area contributed by atoms with Crippen molar-refractivity contribution in [1.29, 1.82) is 0 Å². The lowest BCUT2D eigenvalue weighted by Crippen LogP contribution is -2.09. The lowest BCUT2D eigenvalue weighted by molar-refractivity contribution is -0.137. The van der Waals surface area contributed by atoms with E-state index in [2.05, 4.69) is 40.8 Å². The van der Waals surface area contributed by atoms with Crippen LogP contribution < -0.4 is 10.7 Å². The maximum atomic E-state index is 13.1. The lowest BCUT2D eigenvalue weighted by Gasteiger charge is -2.11. The van der Waals surface area contributed by atoms with Crippen molar-refractivity contribution in [2.45, 2.75) is 13.1 Å². The number of nitrogens with zero attached hydrogens (tertiary/aromatic N) is 5. The van der Waals surface area contributed by atoms with Crippen LogP contribution in [0.1, 0.15) is 16.7 Å². The predicted molar refractivity (Wildman–Crippen MR) is 105 cm³/mol. The molecule has 2 N–H and O–H groups in total. The van der Waals surface area contributed by atoms with Crippen LogP contribution in [0.3, 0.4) is 0 Å². The molecule has 11 heteroatoms. The highest BCUT2D eigenvalue weighted by Gasteiger charge is 2.32. The highest BCUT2D eigenvalue weighted by molar-refractivity contribution is 5.83. The van der Waals surface area contributed by atoms with Gasteiger partial charge in [-0.25, -0.2) is 9.61 Å². The number of benzene rings is 2. The van der Waals surface area contributed by atoms with Crippen LogP contribution in [0.25, 0.3) is 11.3 Å². The number of anilines is 3. The Hall–Kier alpha value is -4.02. The Kier molecular flexibility index (Phi) is 5.00. The second-order valence-corrected chi connectivity index (χ2v) is 6.23. The van der Waals surface area contributed by atoms with Gasteiger partial charge < -0.3 is 5.32 Å². The number of rotatable bonds is 5. The zero-order chi connectivity index (χ0) is 21.1. The molecule has 0 atom stereocenters. The monoisotopic (exact) mass is 413 g/mol. The molecular formula is C19H14F3N7O. The van der Waals surface area contributed by atoms with Crippen molar-refractivity contribution < 1.29 is 17.8 Å². The van der Waals surface area contributed by atoms with E-state index in [0.717, 1.165) is 23.5 Å². The van der Waals surface area contributed by atoms with E-state index in [9.17, 15) is 13.2 Å². The van der Waals surface area contributed by atoms with E-state index < -0.39 is 11.7 Å². The van der Waals surface area contributed by atoms with Gasteiger partial charge in [0.15, 0.2) is 11.6 Å². The number of aromatic nitrogens is 4. The molecule has 152 valence electrons. The first-order chi connectivity index (χ1) is 14.4. The molecule has 0 spiro atoms. The summed E-state index contributed by atoms with van der Waals surface area (Å²) in [6.07, 6.45) is -3.43. The number of nitrogens with one attached hydrogen (secondary N) is 2. The first-order valence-electron chi connectivity index (χ1n) is 8.70. The standard InChI is InChI=1S/C19H14F3N7O/c1-11-6-2-5-9-14(11)24-15-16(26-18-17(25-15)28-30-29-18)27-23-10-12-7-3-4-8-13(12)19(20,21)22/h2-10H,1H3,(H,24,25,28)(H,26,27,29)/b23-10-. The van der Waals surface area contributed by atoms with E-state index in [4.69, 9.17) is 0 Å². The van der Waals surface area contributed by atoms with Gasteiger partial charge in [0.1, 0.15) is 0 Å². The fraction of sp³-hybridized carbons (Fsp3) is 0.105. The van der Waals surface area contributed by atoms with Gasteiger partial charge in [-0.05, 0) is 34.9 Å². The maximum Gasteiger partial charge on any atom is 0.417 e. The third-order valence-corrected chi connectivity index (χ3v) is 4.15. The summed E-state index contributed by atoms with van der Waals surface area (Å²) in [6, 6.07) is 12.6. The Labute approximate surface area is 167 Å². The van der Waals surface area contributed by atoms with Gasteiger partial charge in [0.25, 0.3) is 0 Å². The second-order valence-electron chi connectivity index (χ2n) is 6.23. The minimum Gasteiger partial charge on any atom is -0.337 e. The number of hydrazone groups is 1. The largest absolute Gasteiger partial charge is 0.417 e. The number of hydrogen-bond donors (Lipinski definition) is 2. The van der Waals surface area contributed by atoms with Crippen LogP contribution in [-0.2, 0) is 6.18 Å². The fourth-order valence-electron chi connectivity index (χ4n) is 2.67. The summed E-state index contributed by atoms with van der Waals surface area (Å²) in [7, 11) is 0.